The lowest BCUT2D eigenvalue weighted by molar-refractivity contribution is -0.132. The summed E-state index contributed by atoms with van der Waals surface area (Å²) in [5.41, 5.74) is 1.37. The molecule has 252 valence electrons. The van der Waals surface area contributed by atoms with E-state index in [2.05, 4.69) is 16.0 Å². The van der Waals surface area contributed by atoms with Crippen molar-refractivity contribution in [2.75, 3.05) is 14.2 Å². The van der Waals surface area contributed by atoms with Gasteiger partial charge < -0.3 is 40.2 Å². The van der Waals surface area contributed by atoms with Gasteiger partial charge in [-0.1, -0.05) is 64.1 Å². The van der Waals surface area contributed by atoms with Crippen LogP contribution in [0, 0.1) is 11.8 Å². The molecule has 0 aliphatic heterocycles. The van der Waals surface area contributed by atoms with Gasteiger partial charge in [0.2, 0.25) is 17.7 Å². The Bertz CT molecular complexity index is 1470. The van der Waals surface area contributed by atoms with Gasteiger partial charge in [0.05, 0.1) is 26.6 Å². The molecule has 0 saturated heterocycles. The molecule has 0 radical (unpaired) electrons. The topological polar surface area (TPSA) is 155 Å². The van der Waals surface area contributed by atoms with Gasteiger partial charge >= 0.3 is 7.12 Å². The van der Waals surface area contributed by atoms with Crippen LogP contribution in [0.4, 0.5) is 0 Å². The van der Waals surface area contributed by atoms with Crippen LogP contribution in [0.2, 0.25) is 0 Å². The van der Waals surface area contributed by atoms with Crippen molar-refractivity contribution < 1.29 is 38.6 Å². The minimum Gasteiger partial charge on any atom is -0.493 e. The normalized spacial score (nSPS) is 12.9. The average Bonchev–Trinajstić information content (AvgIpc) is 3.02. The van der Waals surface area contributed by atoms with Gasteiger partial charge in [0.15, 0.2) is 11.5 Å². The smallest absolute Gasteiger partial charge is 0.475 e. The highest BCUT2D eigenvalue weighted by Gasteiger charge is 2.33. The first-order valence-electron chi connectivity index (χ1n) is 15.7. The van der Waals surface area contributed by atoms with Crippen LogP contribution in [0.1, 0.15) is 45.2 Å². The third-order valence-corrected chi connectivity index (χ3v) is 7.44. The largest absolute Gasteiger partial charge is 0.493 e. The Kier molecular flexibility index (Phi) is 14.1. The maximum atomic E-state index is 13.8. The Morgan fingerprint density at radius 3 is 2.04 bits per heavy atom. The Hall–Kier alpha value is -4.55. The summed E-state index contributed by atoms with van der Waals surface area (Å²) in [7, 11) is 1.26. The van der Waals surface area contributed by atoms with E-state index in [1.54, 1.807) is 56.3 Å². The molecule has 0 unspecified atom stereocenters. The Balaban J connectivity index is 1.82. The van der Waals surface area contributed by atoms with E-state index in [9.17, 15) is 24.4 Å². The van der Waals surface area contributed by atoms with Gasteiger partial charge in [-0.15, -0.1) is 0 Å². The quantitative estimate of drug-likeness (QED) is 0.140. The van der Waals surface area contributed by atoms with E-state index in [-0.39, 0.29) is 24.7 Å². The summed E-state index contributed by atoms with van der Waals surface area (Å²) in [5, 5.41) is 28.0. The van der Waals surface area contributed by atoms with Gasteiger partial charge in [-0.25, -0.2) is 0 Å². The summed E-state index contributed by atoms with van der Waals surface area (Å²) in [4.78, 5) is 40.5. The van der Waals surface area contributed by atoms with E-state index in [1.807, 2.05) is 44.2 Å². The number of hydrogen-bond acceptors (Lipinski definition) is 8. The van der Waals surface area contributed by atoms with E-state index >= 15 is 0 Å². The zero-order chi connectivity index (χ0) is 34.5. The van der Waals surface area contributed by atoms with Crippen molar-refractivity contribution in [2.45, 2.75) is 65.0 Å². The fourth-order valence-corrected chi connectivity index (χ4v) is 5.05. The number of carbonyl (C=O) groups excluding carboxylic acids is 3. The van der Waals surface area contributed by atoms with Crippen LogP contribution in [-0.4, -0.2) is 67.1 Å². The average molecular weight is 648 g/mol. The van der Waals surface area contributed by atoms with Crippen molar-refractivity contribution in [3.05, 3.63) is 83.9 Å². The van der Waals surface area contributed by atoms with Crippen LogP contribution in [0.5, 0.6) is 23.0 Å². The number of para-hydroxylation sites is 1. The monoisotopic (exact) mass is 647 g/mol. The van der Waals surface area contributed by atoms with E-state index in [0.717, 1.165) is 0 Å². The molecular formula is C35H46BN3O8. The first-order valence-corrected chi connectivity index (χ1v) is 15.7. The second-order valence-corrected chi connectivity index (χ2v) is 12.1. The zero-order valence-corrected chi connectivity index (χ0v) is 27.9. The molecule has 0 heterocycles. The lowest BCUT2D eigenvalue weighted by Crippen LogP contribution is -2.59. The first-order chi connectivity index (χ1) is 22.4. The molecule has 3 aromatic rings. The second-order valence-electron chi connectivity index (χ2n) is 12.1. The predicted molar refractivity (Wildman–Crippen MR) is 180 cm³/mol. The minimum absolute atomic E-state index is 0.0267. The molecule has 0 aliphatic carbocycles. The molecule has 0 spiro atoms. The highest BCUT2D eigenvalue weighted by atomic mass is 16.5. The number of amides is 3. The number of ether oxygens (including phenoxy) is 3. The molecular weight excluding hydrogens is 601 g/mol. The number of methoxy groups -OCH3 is 2. The van der Waals surface area contributed by atoms with Crippen molar-refractivity contribution >= 4 is 24.8 Å². The van der Waals surface area contributed by atoms with Crippen LogP contribution in [0.15, 0.2) is 72.8 Å². The number of hydrogen-bond donors (Lipinski definition) is 5. The Morgan fingerprint density at radius 1 is 0.745 bits per heavy atom. The number of carbonyl (C=O) groups is 3. The zero-order valence-electron chi connectivity index (χ0n) is 27.9. The first kappa shape index (κ1) is 36.9. The number of rotatable bonds is 17. The van der Waals surface area contributed by atoms with Crippen molar-refractivity contribution in [2.24, 2.45) is 11.8 Å². The van der Waals surface area contributed by atoms with Gasteiger partial charge in [-0.2, -0.15) is 0 Å². The maximum absolute atomic E-state index is 13.8. The predicted octanol–water partition coefficient (Wildman–Crippen LogP) is 3.45. The Morgan fingerprint density at radius 2 is 1.43 bits per heavy atom. The van der Waals surface area contributed by atoms with Gasteiger partial charge in [0.25, 0.3) is 0 Å². The third-order valence-electron chi connectivity index (χ3n) is 7.44. The molecule has 0 bridgehead atoms. The van der Waals surface area contributed by atoms with Crippen molar-refractivity contribution in [1.82, 2.24) is 16.0 Å². The van der Waals surface area contributed by atoms with E-state index < -0.39 is 42.9 Å². The molecule has 3 rings (SSSR count). The van der Waals surface area contributed by atoms with Gasteiger partial charge in [0.1, 0.15) is 23.6 Å². The molecule has 3 aromatic carbocycles. The summed E-state index contributed by atoms with van der Waals surface area (Å²) in [5.74, 6) is -0.518. The van der Waals surface area contributed by atoms with Crippen LogP contribution in [0.3, 0.4) is 0 Å². The van der Waals surface area contributed by atoms with Crippen LogP contribution < -0.4 is 30.2 Å². The molecule has 0 aliphatic rings. The maximum Gasteiger partial charge on any atom is 0.475 e. The lowest BCUT2D eigenvalue weighted by atomic mass is 9.75. The number of nitrogens with one attached hydrogen (secondary N) is 3. The van der Waals surface area contributed by atoms with Crippen LogP contribution in [-0.2, 0) is 27.2 Å². The lowest BCUT2D eigenvalue weighted by Gasteiger charge is -2.28. The van der Waals surface area contributed by atoms with Gasteiger partial charge in [-0.3, -0.25) is 14.4 Å². The molecule has 5 N–H and O–H groups in total. The number of benzene rings is 3. The summed E-state index contributed by atoms with van der Waals surface area (Å²) >= 11 is 0. The van der Waals surface area contributed by atoms with Crippen molar-refractivity contribution in [3.8, 4) is 23.0 Å². The highest BCUT2D eigenvalue weighted by Crippen LogP contribution is 2.28. The molecule has 47 heavy (non-hydrogen) atoms. The summed E-state index contributed by atoms with van der Waals surface area (Å²) < 4.78 is 16.7. The minimum atomic E-state index is -1.77. The van der Waals surface area contributed by atoms with Gasteiger partial charge in [-0.05, 0) is 65.8 Å². The molecule has 0 fully saturated rings. The standard InChI is InChI=1S/C35H46BN3O8/c1-22(2)17-31(36(43)44)38-35(42)33(23(3)4)39-34(41)28(19-25-15-16-29(45-5)30(20-25)46-6)37-32(40)21-24-11-10-14-27(18-24)47-26-12-8-7-9-13-26/h7-16,18,20,22-23,28,31,33,43-44H,17,19,21H2,1-6H3,(H,37,40)(H,38,42)(H,39,41)/t28-,31-,33-/m0/s1. The van der Waals surface area contributed by atoms with E-state index in [4.69, 9.17) is 14.2 Å². The summed E-state index contributed by atoms with van der Waals surface area (Å²) in [6.45, 7) is 7.34. The van der Waals surface area contributed by atoms with Gasteiger partial charge in [0, 0.05) is 6.42 Å². The second kappa shape index (κ2) is 18.0. The summed E-state index contributed by atoms with van der Waals surface area (Å²) in [6, 6.07) is 19.6. The van der Waals surface area contributed by atoms with E-state index in [0.29, 0.717) is 40.5 Å². The van der Waals surface area contributed by atoms with Crippen LogP contribution in [0.25, 0.3) is 0 Å². The third kappa shape index (κ3) is 11.6. The van der Waals surface area contributed by atoms with Crippen LogP contribution >= 0.6 is 0 Å². The molecule has 0 aromatic heterocycles. The molecule has 12 heteroatoms. The SMILES string of the molecule is COc1ccc(C[C@H](NC(=O)Cc2cccc(Oc3ccccc3)c2)C(=O)N[C@H](C(=O)N[C@@H](CC(C)C)B(O)O)C(C)C)cc1OC. The molecule has 3 atom stereocenters. The Labute approximate surface area is 277 Å². The fraction of sp³-hybridized carbons (Fsp3) is 0.400. The van der Waals surface area contributed by atoms with Crippen molar-refractivity contribution in [3.63, 3.8) is 0 Å². The van der Waals surface area contributed by atoms with E-state index in [1.165, 1.54) is 14.2 Å². The van der Waals surface area contributed by atoms with Crippen molar-refractivity contribution in [1.29, 1.82) is 0 Å². The fourth-order valence-electron chi connectivity index (χ4n) is 5.05. The molecule has 3 amide bonds. The molecule has 0 saturated carbocycles. The highest BCUT2D eigenvalue weighted by molar-refractivity contribution is 6.43. The summed E-state index contributed by atoms with van der Waals surface area (Å²) in [6.07, 6.45) is 0.395. The molecule has 11 nitrogen and oxygen atoms in total.